The van der Waals surface area contributed by atoms with Crippen molar-refractivity contribution < 1.29 is 28.2 Å². The van der Waals surface area contributed by atoms with Gasteiger partial charge in [0.05, 0.1) is 17.9 Å². The minimum absolute atomic E-state index is 0.124. The lowest BCUT2D eigenvalue weighted by Gasteiger charge is -2.16. The van der Waals surface area contributed by atoms with Crippen molar-refractivity contribution in [1.29, 1.82) is 0 Å². The first-order valence-corrected chi connectivity index (χ1v) is 7.83. The summed E-state index contributed by atoms with van der Waals surface area (Å²) in [5, 5.41) is 13.9. The number of anilines is 2. The number of aliphatic hydroxyl groups is 1. The normalized spacial score (nSPS) is 11.5. The Morgan fingerprint density at radius 3 is 2.62 bits per heavy atom. The van der Waals surface area contributed by atoms with Crippen LogP contribution in [0.1, 0.15) is 17.3 Å². The topological polar surface area (TPSA) is 87.7 Å². The van der Waals surface area contributed by atoms with E-state index < -0.39 is 29.6 Å². The molecule has 1 amide bonds. The third-order valence-electron chi connectivity index (χ3n) is 3.41. The lowest BCUT2D eigenvalue weighted by molar-refractivity contribution is -0.123. The van der Waals surface area contributed by atoms with Gasteiger partial charge in [0.15, 0.2) is 6.10 Å². The van der Waals surface area contributed by atoms with E-state index in [4.69, 9.17) is 9.84 Å². The molecular formula is C18H18F2N2O4. The third-order valence-corrected chi connectivity index (χ3v) is 3.41. The van der Waals surface area contributed by atoms with Gasteiger partial charge in [0.25, 0.3) is 5.91 Å². The summed E-state index contributed by atoms with van der Waals surface area (Å²) < 4.78 is 31.8. The van der Waals surface area contributed by atoms with E-state index in [1.807, 2.05) is 0 Å². The predicted octanol–water partition coefficient (Wildman–Crippen LogP) is 2.55. The van der Waals surface area contributed by atoms with Crippen LogP contribution < -0.4 is 10.6 Å². The maximum Gasteiger partial charge on any atom is 0.341 e. The fourth-order valence-corrected chi connectivity index (χ4v) is 2.11. The Labute approximate surface area is 148 Å². The van der Waals surface area contributed by atoms with Crippen LogP contribution in [0.4, 0.5) is 20.2 Å². The smallest absolute Gasteiger partial charge is 0.341 e. The van der Waals surface area contributed by atoms with Crippen LogP contribution in [0.3, 0.4) is 0 Å². The van der Waals surface area contributed by atoms with Crippen LogP contribution in [0, 0.1) is 11.6 Å². The van der Waals surface area contributed by atoms with E-state index >= 15 is 0 Å². The number of carbonyl (C=O) groups is 2. The lowest BCUT2D eigenvalue weighted by atomic mass is 10.1. The molecule has 3 N–H and O–H groups in total. The van der Waals surface area contributed by atoms with Crippen molar-refractivity contribution in [3.8, 4) is 0 Å². The fourth-order valence-electron chi connectivity index (χ4n) is 2.11. The molecule has 1 atom stereocenters. The molecule has 0 unspecified atom stereocenters. The van der Waals surface area contributed by atoms with Crippen LogP contribution in [-0.4, -0.2) is 36.2 Å². The Morgan fingerprint density at radius 2 is 1.88 bits per heavy atom. The summed E-state index contributed by atoms with van der Waals surface area (Å²) in [5.74, 6) is -3.09. The number of benzene rings is 2. The van der Waals surface area contributed by atoms with Crippen LogP contribution in [0.2, 0.25) is 0 Å². The standard InChI is InChI=1S/C18H18F2N2O4/c1-11(17(24)22-16-10-12(19)6-7-14(16)20)26-18(25)13-4-2-3-5-15(13)21-8-9-23/h2-7,10-11,21,23H,8-9H2,1H3,(H,22,24)/t11-/m1/s1. The molecule has 0 spiro atoms. The highest BCUT2D eigenvalue weighted by Gasteiger charge is 2.21. The molecule has 0 bridgehead atoms. The van der Waals surface area contributed by atoms with Gasteiger partial charge in [-0.15, -0.1) is 0 Å². The number of nitrogens with one attached hydrogen (secondary N) is 2. The van der Waals surface area contributed by atoms with Crippen LogP contribution in [0.5, 0.6) is 0 Å². The number of hydrogen-bond donors (Lipinski definition) is 3. The highest BCUT2D eigenvalue weighted by atomic mass is 19.1. The minimum Gasteiger partial charge on any atom is -0.449 e. The maximum absolute atomic E-state index is 13.6. The van der Waals surface area contributed by atoms with Gasteiger partial charge in [0.1, 0.15) is 11.6 Å². The average molecular weight is 364 g/mol. The molecule has 0 aliphatic heterocycles. The molecule has 0 fully saturated rings. The first-order chi connectivity index (χ1) is 12.4. The van der Waals surface area contributed by atoms with E-state index in [0.717, 1.165) is 18.2 Å². The van der Waals surface area contributed by atoms with Crippen molar-refractivity contribution in [2.75, 3.05) is 23.8 Å². The molecule has 0 aliphatic carbocycles. The second-order valence-electron chi connectivity index (χ2n) is 5.36. The van der Waals surface area contributed by atoms with Crippen molar-refractivity contribution in [3.05, 3.63) is 59.7 Å². The van der Waals surface area contributed by atoms with Gasteiger partial charge < -0.3 is 20.5 Å². The van der Waals surface area contributed by atoms with Gasteiger partial charge in [-0.05, 0) is 31.2 Å². The Kier molecular flexibility index (Phi) is 6.62. The van der Waals surface area contributed by atoms with Crippen molar-refractivity contribution in [2.24, 2.45) is 0 Å². The number of aliphatic hydroxyl groups excluding tert-OH is 1. The molecule has 0 aromatic heterocycles. The lowest BCUT2D eigenvalue weighted by Crippen LogP contribution is -2.30. The highest BCUT2D eigenvalue weighted by molar-refractivity contribution is 5.99. The quantitative estimate of drug-likeness (QED) is 0.657. The van der Waals surface area contributed by atoms with E-state index in [1.54, 1.807) is 18.2 Å². The number of para-hydroxylation sites is 1. The zero-order valence-electron chi connectivity index (χ0n) is 14.0. The molecule has 6 nitrogen and oxygen atoms in total. The molecule has 2 aromatic carbocycles. The fraction of sp³-hybridized carbons (Fsp3) is 0.222. The summed E-state index contributed by atoms with van der Waals surface area (Å²) in [6, 6.07) is 9.07. The Hall–Kier alpha value is -3.00. The molecule has 0 saturated heterocycles. The Bertz CT molecular complexity index is 799. The molecule has 26 heavy (non-hydrogen) atoms. The number of amides is 1. The van der Waals surface area contributed by atoms with Crippen molar-refractivity contribution in [1.82, 2.24) is 0 Å². The van der Waals surface area contributed by atoms with Crippen molar-refractivity contribution in [2.45, 2.75) is 13.0 Å². The molecule has 0 aliphatic rings. The SMILES string of the molecule is C[C@@H](OC(=O)c1ccccc1NCCO)C(=O)Nc1cc(F)ccc1F. The van der Waals surface area contributed by atoms with E-state index in [-0.39, 0.29) is 24.4 Å². The first kappa shape index (κ1) is 19.3. The van der Waals surface area contributed by atoms with Crippen LogP contribution in [0.25, 0.3) is 0 Å². The number of ether oxygens (including phenoxy) is 1. The van der Waals surface area contributed by atoms with E-state index in [9.17, 15) is 18.4 Å². The third kappa shape index (κ3) is 5.00. The van der Waals surface area contributed by atoms with Crippen LogP contribution in [-0.2, 0) is 9.53 Å². The van der Waals surface area contributed by atoms with E-state index in [0.29, 0.717) is 5.69 Å². The minimum atomic E-state index is -1.24. The summed E-state index contributed by atoms with van der Waals surface area (Å²) in [6.07, 6.45) is -1.24. The van der Waals surface area contributed by atoms with Gasteiger partial charge in [-0.2, -0.15) is 0 Å². The number of esters is 1. The van der Waals surface area contributed by atoms with Crippen molar-refractivity contribution in [3.63, 3.8) is 0 Å². The molecule has 0 saturated carbocycles. The van der Waals surface area contributed by atoms with E-state index in [1.165, 1.54) is 13.0 Å². The van der Waals surface area contributed by atoms with Gasteiger partial charge in [-0.3, -0.25) is 4.79 Å². The molecule has 2 rings (SSSR count). The van der Waals surface area contributed by atoms with Crippen LogP contribution >= 0.6 is 0 Å². The Balaban J connectivity index is 2.04. The summed E-state index contributed by atoms with van der Waals surface area (Å²) in [5.41, 5.74) is 0.274. The number of carbonyl (C=O) groups excluding carboxylic acids is 2. The summed E-state index contributed by atoms with van der Waals surface area (Å²) in [4.78, 5) is 24.4. The molecular weight excluding hydrogens is 346 g/mol. The van der Waals surface area contributed by atoms with Crippen molar-refractivity contribution >= 4 is 23.3 Å². The largest absolute Gasteiger partial charge is 0.449 e. The molecule has 2 aromatic rings. The van der Waals surface area contributed by atoms with Gasteiger partial charge in [0, 0.05) is 18.3 Å². The summed E-state index contributed by atoms with van der Waals surface area (Å²) in [6.45, 7) is 1.43. The second kappa shape index (κ2) is 8.91. The molecule has 0 radical (unpaired) electrons. The zero-order valence-corrected chi connectivity index (χ0v) is 14.0. The van der Waals surface area contributed by atoms with Gasteiger partial charge in [0.2, 0.25) is 0 Å². The Morgan fingerprint density at radius 1 is 1.15 bits per heavy atom. The zero-order chi connectivity index (χ0) is 19.1. The summed E-state index contributed by atoms with van der Waals surface area (Å²) in [7, 11) is 0. The second-order valence-corrected chi connectivity index (χ2v) is 5.36. The summed E-state index contributed by atoms with van der Waals surface area (Å²) >= 11 is 0. The van der Waals surface area contributed by atoms with Gasteiger partial charge in [-0.25, -0.2) is 13.6 Å². The van der Waals surface area contributed by atoms with Gasteiger partial charge >= 0.3 is 5.97 Å². The monoisotopic (exact) mass is 364 g/mol. The average Bonchev–Trinajstić information content (AvgIpc) is 2.63. The van der Waals surface area contributed by atoms with E-state index in [2.05, 4.69) is 10.6 Å². The van der Waals surface area contributed by atoms with Crippen LogP contribution in [0.15, 0.2) is 42.5 Å². The molecule has 0 heterocycles. The maximum atomic E-state index is 13.6. The van der Waals surface area contributed by atoms with Gasteiger partial charge in [-0.1, -0.05) is 12.1 Å². The number of hydrogen-bond acceptors (Lipinski definition) is 5. The predicted molar refractivity (Wildman–Crippen MR) is 91.9 cm³/mol. The first-order valence-electron chi connectivity index (χ1n) is 7.83. The number of halogens is 2. The highest BCUT2D eigenvalue weighted by Crippen LogP contribution is 2.18. The molecule has 138 valence electrons. The molecule has 8 heteroatoms. The number of rotatable bonds is 7.